The average molecular weight is 568 g/mol. The molecule has 13 heteroatoms. The fraction of sp³-hybridized carbons (Fsp3) is 0.462. The third-order valence-electron chi connectivity index (χ3n) is 6.04. The topological polar surface area (TPSA) is 100 Å². The van der Waals surface area contributed by atoms with Crippen LogP contribution in [-0.2, 0) is 20.4 Å². The number of rotatable bonds is 5. The molecule has 0 N–H and O–H groups in total. The van der Waals surface area contributed by atoms with E-state index >= 15 is 0 Å². The molecular formula is C26H28F3N3O6S. The maximum atomic E-state index is 13.2. The van der Waals surface area contributed by atoms with E-state index in [1.807, 2.05) is 0 Å². The molecule has 9 nitrogen and oxygen atoms in total. The highest BCUT2D eigenvalue weighted by atomic mass is 32.1. The molecule has 4 rings (SSSR count). The predicted octanol–water partition coefficient (Wildman–Crippen LogP) is 5.62. The first-order chi connectivity index (χ1) is 18.2. The Morgan fingerprint density at radius 3 is 2.41 bits per heavy atom. The van der Waals surface area contributed by atoms with Crippen LogP contribution < -0.4 is 9.47 Å². The molecule has 210 valence electrons. The Labute approximate surface area is 226 Å². The average Bonchev–Trinajstić information content (AvgIpc) is 3.51. The minimum atomic E-state index is -4.60. The molecule has 1 aliphatic heterocycles. The third-order valence-corrected chi connectivity index (χ3v) is 6.90. The molecule has 2 aromatic heterocycles. The lowest BCUT2D eigenvalue weighted by Crippen LogP contribution is -2.44. The Bertz CT molecular complexity index is 1400. The van der Waals surface area contributed by atoms with Crippen molar-refractivity contribution in [3.05, 3.63) is 34.8 Å². The van der Waals surface area contributed by atoms with Crippen LogP contribution in [0.3, 0.4) is 0 Å². The molecule has 1 amide bonds. The Morgan fingerprint density at radius 2 is 1.82 bits per heavy atom. The van der Waals surface area contributed by atoms with Crippen molar-refractivity contribution in [3.63, 3.8) is 0 Å². The largest absolute Gasteiger partial charge is 0.496 e. The second-order valence-corrected chi connectivity index (χ2v) is 10.8. The second kappa shape index (κ2) is 10.5. The van der Waals surface area contributed by atoms with Gasteiger partial charge in [0.2, 0.25) is 0 Å². The summed E-state index contributed by atoms with van der Waals surface area (Å²) in [5.41, 5.74) is -0.507. The summed E-state index contributed by atoms with van der Waals surface area (Å²) in [6.07, 6.45) is -5.81. The van der Waals surface area contributed by atoms with E-state index in [9.17, 15) is 22.8 Å². The van der Waals surface area contributed by atoms with Gasteiger partial charge in [-0.2, -0.15) is 13.2 Å². The molecule has 2 atom stereocenters. The highest BCUT2D eigenvalue weighted by Crippen LogP contribution is 2.39. The van der Waals surface area contributed by atoms with Crippen LogP contribution in [0.4, 0.5) is 18.0 Å². The summed E-state index contributed by atoms with van der Waals surface area (Å²) in [4.78, 5) is 34.9. The number of hydrogen-bond acceptors (Lipinski definition) is 9. The van der Waals surface area contributed by atoms with Crippen molar-refractivity contribution in [2.45, 2.75) is 58.0 Å². The lowest BCUT2D eigenvalue weighted by atomic mass is 10.1. The first-order valence-electron chi connectivity index (χ1n) is 12.0. The minimum absolute atomic E-state index is 0.0262. The zero-order valence-electron chi connectivity index (χ0n) is 22.2. The molecule has 1 fully saturated rings. The van der Waals surface area contributed by atoms with Crippen LogP contribution in [-0.4, -0.2) is 65.4 Å². The summed E-state index contributed by atoms with van der Waals surface area (Å²) in [7, 11) is 2.73. The van der Waals surface area contributed by atoms with Gasteiger partial charge in [-0.05, 0) is 39.8 Å². The van der Waals surface area contributed by atoms with Gasteiger partial charge in [0.25, 0.3) is 0 Å². The molecule has 0 aliphatic carbocycles. The standard InChI is InChI=1S/C26H28F3N3O6S/c1-13-18(35-5)8-7-15-19(10-16(30-21(13)15)22-31-20(12-39-22)26(27,28)29)37-14-9-17(23(33)36-6)32(11-14)24(34)38-25(2,3)4/h7-8,10,12,14,17H,9,11H2,1-6H3. The van der Waals surface area contributed by atoms with Gasteiger partial charge >= 0.3 is 18.2 Å². The molecule has 0 saturated carbocycles. The summed E-state index contributed by atoms with van der Waals surface area (Å²) in [6, 6.07) is 4.04. The van der Waals surface area contributed by atoms with E-state index in [2.05, 4.69) is 9.97 Å². The van der Waals surface area contributed by atoms with Crippen LogP contribution in [0.15, 0.2) is 23.6 Å². The Balaban J connectivity index is 1.74. The third kappa shape index (κ3) is 6.02. The van der Waals surface area contributed by atoms with Crippen LogP contribution in [0.25, 0.3) is 21.6 Å². The van der Waals surface area contributed by atoms with Gasteiger partial charge < -0.3 is 18.9 Å². The van der Waals surface area contributed by atoms with Crippen molar-refractivity contribution in [1.29, 1.82) is 0 Å². The number of aryl methyl sites for hydroxylation is 1. The van der Waals surface area contributed by atoms with Gasteiger partial charge in [0.15, 0.2) is 5.69 Å². The molecule has 0 radical (unpaired) electrons. The van der Waals surface area contributed by atoms with Gasteiger partial charge in [0.05, 0.1) is 26.3 Å². The van der Waals surface area contributed by atoms with E-state index < -0.39 is 41.7 Å². The lowest BCUT2D eigenvalue weighted by molar-refractivity contribution is -0.145. The number of pyridine rings is 1. The van der Waals surface area contributed by atoms with Crippen LogP contribution in [0.1, 0.15) is 38.4 Å². The van der Waals surface area contributed by atoms with E-state index in [1.54, 1.807) is 39.8 Å². The van der Waals surface area contributed by atoms with Gasteiger partial charge in [-0.3, -0.25) is 4.90 Å². The van der Waals surface area contributed by atoms with E-state index in [-0.39, 0.29) is 23.7 Å². The molecule has 1 aromatic carbocycles. The first-order valence-corrected chi connectivity index (χ1v) is 12.9. The minimum Gasteiger partial charge on any atom is -0.496 e. The van der Waals surface area contributed by atoms with Crippen LogP contribution in [0.5, 0.6) is 11.5 Å². The van der Waals surface area contributed by atoms with Crippen LogP contribution in [0, 0.1) is 6.92 Å². The number of ether oxygens (including phenoxy) is 4. The van der Waals surface area contributed by atoms with Gasteiger partial charge in [-0.25, -0.2) is 19.6 Å². The van der Waals surface area contributed by atoms with Gasteiger partial charge in [-0.1, -0.05) is 0 Å². The normalized spacial score (nSPS) is 17.8. The van der Waals surface area contributed by atoms with Gasteiger partial charge in [-0.15, -0.1) is 11.3 Å². The molecule has 1 saturated heterocycles. The Hall–Kier alpha value is -3.61. The SMILES string of the molecule is COC(=O)C1CC(Oc2cc(-c3nc(C(F)(F)F)cs3)nc3c(C)c(OC)ccc23)CN1C(=O)OC(C)(C)C. The number of nitrogens with zero attached hydrogens (tertiary/aromatic N) is 3. The van der Waals surface area contributed by atoms with Gasteiger partial charge in [0.1, 0.15) is 39.9 Å². The van der Waals surface area contributed by atoms with E-state index in [4.69, 9.17) is 18.9 Å². The maximum absolute atomic E-state index is 13.2. The molecule has 39 heavy (non-hydrogen) atoms. The number of thiazole rings is 1. The number of amides is 1. The van der Waals surface area contributed by atoms with Crippen molar-refractivity contribution >= 4 is 34.3 Å². The molecular weight excluding hydrogens is 539 g/mol. The quantitative estimate of drug-likeness (QED) is 0.366. The fourth-order valence-corrected chi connectivity index (χ4v) is 5.06. The van der Waals surface area contributed by atoms with Gasteiger partial charge in [0, 0.05) is 28.8 Å². The highest BCUT2D eigenvalue weighted by molar-refractivity contribution is 7.13. The molecule has 0 bridgehead atoms. The Kier molecular flexibility index (Phi) is 7.66. The summed E-state index contributed by atoms with van der Waals surface area (Å²) in [6.45, 7) is 6.95. The summed E-state index contributed by atoms with van der Waals surface area (Å²) >= 11 is 0.811. The molecule has 3 aromatic rings. The number of likely N-dealkylation sites (tertiary alicyclic amines) is 1. The fourth-order valence-electron chi connectivity index (χ4n) is 4.27. The zero-order valence-corrected chi connectivity index (χ0v) is 23.0. The number of benzene rings is 1. The van der Waals surface area contributed by atoms with Crippen molar-refractivity contribution in [2.24, 2.45) is 0 Å². The number of hydrogen-bond donors (Lipinski definition) is 0. The monoisotopic (exact) mass is 567 g/mol. The molecule has 1 aliphatic rings. The van der Waals surface area contributed by atoms with E-state index in [0.29, 0.717) is 28.0 Å². The smallest absolute Gasteiger partial charge is 0.434 e. The van der Waals surface area contributed by atoms with Crippen molar-refractivity contribution in [2.75, 3.05) is 20.8 Å². The lowest BCUT2D eigenvalue weighted by Gasteiger charge is -2.27. The first kappa shape index (κ1) is 28.4. The summed E-state index contributed by atoms with van der Waals surface area (Å²) in [5, 5.41) is 1.57. The number of halogens is 3. The molecule has 0 spiro atoms. The van der Waals surface area contributed by atoms with Crippen molar-refractivity contribution in [1.82, 2.24) is 14.9 Å². The molecule has 3 heterocycles. The maximum Gasteiger partial charge on any atom is 0.434 e. The predicted molar refractivity (Wildman–Crippen MR) is 137 cm³/mol. The number of carbonyl (C=O) groups is 2. The summed E-state index contributed by atoms with van der Waals surface area (Å²) < 4.78 is 61.7. The number of carbonyl (C=O) groups excluding carboxylic acids is 2. The van der Waals surface area contributed by atoms with Crippen molar-refractivity contribution in [3.8, 4) is 22.2 Å². The number of esters is 1. The number of fused-ring (bicyclic) bond motifs is 1. The Morgan fingerprint density at radius 1 is 1.10 bits per heavy atom. The second-order valence-electron chi connectivity index (χ2n) is 9.98. The van der Waals surface area contributed by atoms with Crippen LogP contribution >= 0.6 is 11.3 Å². The molecule has 2 unspecified atom stereocenters. The number of aromatic nitrogens is 2. The number of alkyl halides is 3. The van der Waals surface area contributed by atoms with E-state index in [0.717, 1.165) is 16.7 Å². The highest BCUT2D eigenvalue weighted by Gasteiger charge is 2.43. The zero-order chi connectivity index (χ0) is 28.7. The van der Waals surface area contributed by atoms with Crippen LogP contribution in [0.2, 0.25) is 0 Å². The summed E-state index contributed by atoms with van der Waals surface area (Å²) in [5.74, 6) is 0.232. The van der Waals surface area contributed by atoms with Crippen molar-refractivity contribution < 1.29 is 41.7 Å². The van der Waals surface area contributed by atoms with E-state index in [1.165, 1.54) is 25.2 Å². The number of methoxy groups -OCH3 is 2.